The molecule has 1 amide bonds. The Balaban J connectivity index is 1.70. The van der Waals surface area contributed by atoms with Gasteiger partial charge < -0.3 is 15.7 Å². The molecule has 4 nitrogen and oxygen atoms in total. The Hall–Kier alpha value is -1.26. The first kappa shape index (κ1) is 13.2. The van der Waals surface area contributed by atoms with Crippen LogP contribution in [0.25, 0.3) is 0 Å². The van der Waals surface area contributed by atoms with Crippen LogP contribution in [0.3, 0.4) is 0 Å². The topological polar surface area (TPSA) is 61.4 Å². The molecule has 0 aromatic heterocycles. The molecule has 0 aliphatic heterocycles. The lowest BCUT2D eigenvalue weighted by molar-refractivity contribution is 0.0953. The van der Waals surface area contributed by atoms with E-state index in [2.05, 4.69) is 10.6 Å². The standard InChI is InChI=1S/C13H17ClN2O2/c14-11-8-9(2-5-12(11)17)13(18)16-7-1-6-15-10-3-4-10/h2,5,8,10,15,17H,1,3-4,6-7H2,(H,16,18). The van der Waals surface area contributed by atoms with Crippen molar-refractivity contribution in [2.24, 2.45) is 0 Å². The van der Waals surface area contributed by atoms with Crippen LogP contribution in [0.2, 0.25) is 5.02 Å². The monoisotopic (exact) mass is 268 g/mol. The summed E-state index contributed by atoms with van der Waals surface area (Å²) in [6, 6.07) is 5.15. The van der Waals surface area contributed by atoms with Crippen molar-refractivity contribution in [3.8, 4) is 5.75 Å². The molecule has 1 aliphatic carbocycles. The fraction of sp³-hybridized carbons (Fsp3) is 0.462. The van der Waals surface area contributed by atoms with Gasteiger partial charge >= 0.3 is 0 Å². The van der Waals surface area contributed by atoms with E-state index in [4.69, 9.17) is 11.6 Å². The highest BCUT2D eigenvalue weighted by Gasteiger charge is 2.19. The molecule has 5 heteroatoms. The summed E-state index contributed by atoms with van der Waals surface area (Å²) in [4.78, 5) is 11.7. The zero-order valence-corrected chi connectivity index (χ0v) is 10.8. The number of carbonyl (C=O) groups is 1. The number of hydrogen-bond donors (Lipinski definition) is 3. The van der Waals surface area contributed by atoms with Crippen LogP contribution in [0.15, 0.2) is 18.2 Å². The Morgan fingerprint density at radius 3 is 2.83 bits per heavy atom. The summed E-state index contributed by atoms with van der Waals surface area (Å²) in [6.07, 6.45) is 3.46. The molecule has 0 spiro atoms. The van der Waals surface area contributed by atoms with Crippen LogP contribution in [-0.4, -0.2) is 30.1 Å². The highest BCUT2D eigenvalue weighted by atomic mass is 35.5. The summed E-state index contributed by atoms with van der Waals surface area (Å²) in [5, 5.41) is 15.7. The SMILES string of the molecule is O=C(NCCCNC1CC1)c1ccc(O)c(Cl)c1. The highest BCUT2D eigenvalue weighted by Crippen LogP contribution is 2.23. The van der Waals surface area contributed by atoms with E-state index in [1.54, 1.807) is 6.07 Å². The van der Waals surface area contributed by atoms with Crippen LogP contribution in [-0.2, 0) is 0 Å². The number of phenols is 1. The lowest BCUT2D eigenvalue weighted by Crippen LogP contribution is -2.27. The lowest BCUT2D eigenvalue weighted by Gasteiger charge is -2.06. The number of nitrogens with one attached hydrogen (secondary N) is 2. The van der Waals surface area contributed by atoms with Gasteiger partial charge in [0.2, 0.25) is 0 Å². The molecule has 0 saturated heterocycles. The highest BCUT2D eigenvalue weighted by molar-refractivity contribution is 6.32. The summed E-state index contributed by atoms with van der Waals surface area (Å²) in [7, 11) is 0. The van der Waals surface area contributed by atoms with E-state index in [1.165, 1.54) is 25.0 Å². The predicted molar refractivity (Wildman–Crippen MR) is 71.1 cm³/mol. The summed E-state index contributed by atoms with van der Waals surface area (Å²) < 4.78 is 0. The van der Waals surface area contributed by atoms with Crippen molar-refractivity contribution in [2.45, 2.75) is 25.3 Å². The average molecular weight is 269 g/mol. The zero-order valence-electron chi connectivity index (χ0n) is 10.1. The second-order valence-corrected chi connectivity index (χ2v) is 4.91. The molecule has 0 unspecified atom stereocenters. The molecule has 2 rings (SSSR count). The predicted octanol–water partition coefficient (Wildman–Crippen LogP) is 1.92. The van der Waals surface area contributed by atoms with Gasteiger partial charge in [-0.25, -0.2) is 0 Å². The number of carbonyl (C=O) groups excluding carboxylic acids is 1. The Kier molecular flexibility index (Phi) is 4.44. The van der Waals surface area contributed by atoms with Crippen molar-refractivity contribution in [3.05, 3.63) is 28.8 Å². The summed E-state index contributed by atoms with van der Waals surface area (Å²) in [5.41, 5.74) is 0.466. The molecule has 18 heavy (non-hydrogen) atoms. The first-order chi connectivity index (χ1) is 8.66. The molecule has 1 saturated carbocycles. The van der Waals surface area contributed by atoms with E-state index in [-0.39, 0.29) is 16.7 Å². The van der Waals surface area contributed by atoms with E-state index < -0.39 is 0 Å². The molecule has 0 heterocycles. The van der Waals surface area contributed by atoms with Crippen molar-refractivity contribution >= 4 is 17.5 Å². The number of hydrogen-bond acceptors (Lipinski definition) is 3. The molecule has 1 aromatic rings. The minimum atomic E-state index is -0.164. The Morgan fingerprint density at radius 2 is 2.17 bits per heavy atom. The second-order valence-electron chi connectivity index (χ2n) is 4.50. The second kappa shape index (κ2) is 6.07. The summed E-state index contributed by atoms with van der Waals surface area (Å²) in [6.45, 7) is 1.57. The average Bonchev–Trinajstić information content (AvgIpc) is 3.16. The van der Waals surface area contributed by atoms with Crippen LogP contribution in [0.4, 0.5) is 0 Å². The fourth-order valence-electron chi connectivity index (χ4n) is 1.63. The van der Waals surface area contributed by atoms with Gasteiger partial charge in [-0.2, -0.15) is 0 Å². The van der Waals surface area contributed by atoms with Crippen LogP contribution in [0.1, 0.15) is 29.6 Å². The van der Waals surface area contributed by atoms with Gasteiger partial charge in [0.25, 0.3) is 5.91 Å². The molecular weight excluding hydrogens is 252 g/mol. The van der Waals surface area contributed by atoms with Crippen molar-refractivity contribution in [3.63, 3.8) is 0 Å². The van der Waals surface area contributed by atoms with Gasteiger partial charge in [-0.1, -0.05) is 11.6 Å². The third-order valence-electron chi connectivity index (χ3n) is 2.86. The quantitative estimate of drug-likeness (QED) is 0.691. The Bertz CT molecular complexity index is 433. The largest absolute Gasteiger partial charge is 0.506 e. The summed E-state index contributed by atoms with van der Waals surface area (Å²) in [5.74, 6) is -0.176. The van der Waals surface area contributed by atoms with Crippen molar-refractivity contribution in [1.29, 1.82) is 0 Å². The van der Waals surface area contributed by atoms with E-state index >= 15 is 0 Å². The number of halogens is 1. The van der Waals surface area contributed by atoms with Crippen molar-refractivity contribution in [1.82, 2.24) is 10.6 Å². The molecule has 1 aliphatic rings. The molecule has 3 N–H and O–H groups in total. The van der Waals surface area contributed by atoms with E-state index in [0.29, 0.717) is 18.2 Å². The van der Waals surface area contributed by atoms with Crippen molar-refractivity contribution < 1.29 is 9.90 Å². The number of rotatable bonds is 6. The van der Waals surface area contributed by atoms with Gasteiger partial charge in [0.1, 0.15) is 5.75 Å². The maximum absolute atomic E-state index is 11.7. The van der Waals surface area contributed by atoms with Crippen molar-refractivity contribution in [2.75, 3.05) is 13.1 Å². The van der Waals surface area contributed by atoms with Crippen LogP contribution >= 0.6 is 11.6 Å². The molecule has 0 radical (unpaired) electrons. The molecule has 98 valence electrons. The molecule has 0 bridgehead atoms. The molecule has 1 aromatic carbocycles. The zero-order chi connectivity index (χ0) is 13.0. The van der Waals surface area contributed by atoms with E-state index in [0.717, 1.165) is 13.0 Å². The Morgan fingerprint density at radius 1 is 1.39 bits per heavy atom. The van der Waals surface area contributed by atoms with E-state index in [1.807, 2.05) is 0 Å². The van der Waals surface area contributed by atoms with Gasteiger partial charge in [0.15, 0.2) is 0 Å². The van der Waals surface area contributed by atoms with Crippen LogP contribution < -0.4 is 10.6 Å². The number of aromatic hydroxyl groups is 1. The number of benzene rings is 1. The Labute approximate surface area is 111 Å². The third-order valence-corrected chi connectivity index (χ3v) is 3.16. The minimum absolute atomic E-state index is 0.0122. The van der Waals surface area contributed by atoms with Gasteiger partial charge in [-0.05, 0) is 44.0 Å². The first-order valence-electron chi connectivity index (χ1n) is 6.17. The van der Waals surface area contributed by atoms with Gasteiger partial charge in [-0.3, -0.25) is 4.79 Å². The van der Waals surface area contributed by atoms with E-state index in [9.17, 15) is 9.90 Å². The molecule has 0 atom stereocenters. The fourth-order valence-corrected chi connectivity index (χ4v) is 1.81. The molecular formula is C13H17ClN2O2. The van der Waals surface area contributed by atoms with Gasteiger partial charge in [-0.15, -0.1) is 0 Å². The minimum Gasteiger partial charge on any atom is -0.506 e. The lowest BCUT2D eigenvalue weighted by atomic mass is 10.2. The van der Waals surface area contributed by atoms with Crippen LogP contribution in [0.5, 0.6) is 5.75 Å². The maximum atomic E-state index is 11.7. The normalized spacial score (nSPS) is 14.5. The third kappa shape index (κ3) is 3.89. The van der Waals surface area contributed by atoms with Gasteiger partial charge in [0, 0.05) is 18.2 Å². The summed E-state index contributed by atoms with van der Waals surface area (Å²) >= 11 is 5.74. The van der Waals surface area contributed by atoms with Crippen LogP contribution in [0, 0.1) is 0 Å². The molecule has 1 fully saturated rings. The smallest absolute Gasteiger partial charge is 0.251 e. The first-order valence-corrected chi connectivity index (χ1v) is 6.54. The number of amides is 1. The van der Waals surface area contributed by atoms with Gasteiger partial charge in [0.05, 0.1) is 5.02 Å². The maximum Gasteiger partial charge on any atom is 0.251 e. The number of phenolic OH excluding ortho intramolecular Hbond substituents is 1.